The van der Waals surface area contributed by atoms with Crippen molar-refractivity contribution in [2.24, 2.45) is 17.3 Å². The van der Waals surface area contributed by atoms with E-state index in [9.17, 15) is 4.79 Å². The molecule has 240 valence electrons. The zero-order valence-corrected chi connectivity index (χ0v) is 28.2. The molecule has 1 fully saturated rings. The van der Waals surface area contributed by atoms with Gasteiger partial charge < -0.3 is 11.1 Å². The summed E-state index contributed by atoms with van der Waals surface area (Å²) in [6.45, 7) is 24.3. The standard InChI is InChI=1S/C20H30N2.C10H17N.C8H10N2O/c1-5-12-20(4,13-6-2)18-10-8-17(9-11-18)19-21-14-16(7-3)15-22-19;1-4-9(2)7-11-6-5-10(3)8-11;1-6-4-7(10-5-11)2-3-8(6)9/h7-8,10,14-15,17-18H,3,5-6,9,11-13H2,1-2,4H3;10H,1,5-8H2,2-3H3;2-5H,9H2,1H3,(H,10,11)/t;10-;/m.1./s1. The van der Waals surface area contributed by atoms with Gasteiger partial charge in [0, 0.05) is 48.3 Å². The monoisotopic (exact) mass is 599 g/mol. The Labute approximate surface area is 267 Å². The number of benzene rings is 1. The van der Waals surface area contributed by atoms with Gasteiger partial charge in [-0.15, -0.1) is 5.73 Å². The van der Waals surface area contributed by atoms with Gasteiger partial charge >= 0.3 is 0 Å². The Morgan fingerprint density at radius 3 is 2.32 bits per heavy atom. The summed E-state index contributed by atoms with van der Waals surface area (Å²) in [5.74, 6) is 2.92. The minimum Gasteiger partial charge on any atom is -0.399 e. The normalized spacial score (nSPS) is 19.5. The SMILES string of the molecule is C=C=C(C)CN1CC[C@@H](C)C1.C=Cc1cnc(C2C=CC(C(C)(CCC)CCC)CC2)nc1.Cc1cc(NC=O)ccc1N. The molecule has 2 aliphatic rings. The second-order valence-electron chi connectivity index (χ2n) is 12.8. The van der Waals surface area contributed by atoms with E-state index in [0.29, 0.717) is 23.7 Å². The minimum atomic E-state index is 0.377. The van der Waals surface area contributed by atoms with Crippen molar-refractivity contribution in [3.05, 3.63) is 84.2 Å². The molecule has 1 aliphatic heterocycles. The highest BCUT2D eigenvalue weighted by atomic mass is 16.1. The van der Waals surface area contributed by atoms with Crippen LogP contribution in [0.5, 0.6) is 0 Å². The van der Waals surface area contributed by atoms with E-state index in [-0.39, 0.29) is 0 Å². The molecule has 1 amide bonds. The van der Waals surface area contributed by atoms with E-state index in [4.69, 9.17) is 5.73 Å². The van der Waals surface area contributed by atoms with Gasteiger partial charge in [-0.3, -0.25) is 9.69 Å². The second-order valence-corrected chi connectivity index (χ2v) is 12.8. The van der Waals surface area contributed by atoms with Crippen LogP contribution >= 0.6 is 0 Å². The van der Waals surface area contributed by atoms with E-state index >= 15 is 0 Å². The lowest BCUT2D eigenvalue weighted by molar-refractivity contribution is -0.105. The number of aromatic nitrogens is 2. The fourth-order valence-electron chi connectivity index (χ4n) is 6.29. The van der Waals surface area contributed by atoms with Gasteiger partial charge in [-0.25, -0.2) is 9.97 Å². The van der Waals surface area contributed by atoms with Crippen molar-refractivity contribution in [2.75, 3.05) is 30.7 Å². The van der Waals surface area contributed by atoms with Gasteiger partial charge in [-0.1, -0.05) is 71.9 Å². The maximum Gasteiger partial charge on any atom is 0.211 e. The first kappa shape index (κ1) is 36.7. The molecule has 2 unspecified atom stereocenters. The van der Waals surface area contributed by atoms with Gasteiger partial charge in [-0.2, -0.15) is 0 Å². The highest BCUT2D eigenvalue weighted by Gasteiger charge is 2.33. The van der Waals surface area contributed by atoms with E-state index in [0.717, 1.165) is 47.2 Å². The molecule has 3 atom stereocenters. The molecule has 1 saturated heterocycles. The van der Waals surface area contributed by atoms with Gasteiger partial charge in [0.25, 0.3) is 0 Å². The summed E-state index contributed by atoms with van der Waals surface area (Å²) in [5, 5.41) is 2.54. The summed E-state index contributed by atoms with van der Waals surface area (Å²) in [6.07, 6.45) is 19.9. The number of hydrogen-bond donors (Lipinski definition) is 2. The fourth-order valence-corrected chi connectivity index (χ4v) is 6.29. The predicted molar refractivity (Wildman–Crippen MR) is 188 cm³/mol. The third-order valence-corrected chi connectivity index (χ3v) is 8.93. The second kappa shape index (κ2) is 19.0. The molecular weight excluding hydrogens is 542 g/mol. The maximum absolute atomic E-state index is 10.0. The Kier molecular flexibility index (Phi) is 15.9. The highest BCUT2D eigenvalue weighted by Crippen LogP contribution is 2.44. The Bertz CT molecular complexity index is 1240. The Morgan fingerprint density at radius 1 is 1.16 bits per heavy atom. The van der Waals surface area contributed by atoms with Gasteiger partial charge in [-0.05, 0) is 99.1 Å². The molecule has 0 saturated carbocycles. The first-order valence-corrected chi connectivity index (χ1v) is 16.4. The van der Waals surface area contributed by atoms with Crippen LogP contribution in [0.3, 0.4) is 0 Å². The number of hydrogen-bond acceptors (Lipinski definition) is 5. The largest absolute Gasteiger partial charge is 0.399 e. The number of rotatable bonds is 11. The number of likely N-dealkylation sites (tertiary alicyclic amines) is 1. The Balaban J connectivity index is 0.000000257. The van der Waals surface area contributed by atoms with Crippen molar-refractivity contribution in [3.8, 4) is 0 Å². The number of carbonyl (C=O) groups excluding carboxylic acids is 1. The van der Waals surface area contributed by atoms with Crippen molar-refractivity contribution in [1.82, 2.24) is 14.9 Å². The molecule has 1 aromatic heterocycles. The first-order valence-electron chi connectivity index (χ1n) is 16.4. The summed E-state index contributed by atoms with van der Waals surface area (Å²) >= 11 is 0. The number of aryl methyl sites for hydroxylation is 1. The number of nitrogen functional groups attached to an aromatic ring is 1. The van der Waals surface area contributed by atoms with E-state index < -0.39 is 0 Å². The minimum absolute atomic E-state index is 0.377. The van der Waals surface area contributed by atoms with Crippen LogP contribution in [0.25, 0.3) is 6.08 Å². The molecule has 2 aromatic rings. The number of allylic oxidation sites excluding steroid dienone is 2. The van der Waals surface area contributed by atoms with Crippen LogP contribution in [0, 0.1) is 24.2 Å². The third kappa shape index (κ3) is 11.9. The van der Waals surface area contributed by atoms with Crippen LogP contribution in [-0.2, 0) is 4.79 Å². The van der Waals surface area contributed by atoms with Gasteiger partial charge in [0.05, 0.1) is 0 Å². The lowest BCUT2D eigenvalue weighted by atomic mass is 9.66. The van der Waals surface area contributed by atoms with Crippen molar-refractivity contribution in [3.63, 3.8) is 0 Å². The highest BCUT2D eigenvalue weighted by molar-refractivity contribution is 5.72. The van der Waals surface area contributed by atoms with Crippen molar-refractivity contribution in [1.29, 1.82) is 0 Å². The molecule has 6 heteroatoms. The summed E-state index contributed by atoms with van der Waals surface area (Å²) in [7, 11) is 0. The third-order valence-electron chi connectivity index (χ3n) is 8.93. The van der Waals surface area contributed by atoms with Crippen LogP contribution < -0.4 is 11.1 Å². The summed E-state index contributed by atoms with van der Waals surface area (Å²) in [5.41, 5.74) is 13.7. The summed E-state index contributed by atoms with van der Waals surface area (Å²) in [4.78, 5) is 21.5. The zero-order valence-electron chi connectivity index (χ0n) is 28.2. The summed E-state index contributed by atoms with van der Waals surface area (Å²) < 4.78 is 0. The van der Waals surface area contributed by atoms with E-state index in [1.807, 2.05) is 25.4 Å². The quantitative estimate of drug-likeness (QED) is 0.117. The number of anilines is 2. The predicted octanol–water partition coefficient (Wildman–Crippen LogP) is 8.98. The average Bonchev–Trinajstić information content (AvgIpc) is 3.44. The average molecular weight is 600 g/mol. The van der Waals surface area contributed by atoms with E-state index in [1.165, 1.54) is 57.2 Å². The number of nitrogens with one attached hydrogen (secondary N) is 1. The smallest absolute Gasteiger partial charge is 0.211 e. The molecular formula is C38H57N5O. The number of carbonyl (C=O) groups is 1. The van der Waals surface area contributed by atoms with Crippen LogP contribution in [0.15, 0.2) is 67.2 Å². The molecule has 3 N–H and O–H groups in total. The summed E-state index contributed by atoms with van der Waals surface area (Å²) in [6, 6.07) is 5.35. The number of nitrogens with zero attached hydrogens (tertiary/aromatic N) is 3. The Morgan fingerprint density at radius 2 is 1.84 bits per heavy atom. The van der Waals surface area contributed by atoms with E-state index in [1.54, 1.807) is 18.2 Å². The lowest BCUT2D eigenvalue weighted by Crippen LogP contribution is -2.28. The van der Waals surface area contributed by atoms with Crippen molar-refractivity contribution >= 4 is 23.9 Å². The molecule has 4 rings (SSSR count). The van der Waals surface area contributed by atoms with Crippen molar-refractivity contribution in [2.45, 2.75) is 92.4 Å². The van der Waals surface area contributed by atoms with Crippen LogP contribution in [0.2, 0.25) is 0 Å². The molecule has 2 heterocycles. The number of amides is 1. The zero-order chi connectivity index (χ0) is 32.5. The van der Waals surface area contributed by atoms with Crippen LogP contribution in [0.4, 0.5) is 11.4 Å². The van der Waals surface area contributed by atoms with Gasteiger partial charge in [0.2, 0.25) is 6.41 Å². The van der Waals surface area contributed by atoms with E-state index in [2.05, 4.69) is 85.8 Å². The molecule has 0 bridgehead atoms. The van der Waals surface area contributed by atoms with Crippen LogP contribution in [-0.4, -0.2) is 40.9 Å². The molecule has 1 aromatic carbocycles. The molecule has 0 radical (unpaired) electrons. The maximum atomic E-state index is 10.0. The number of nitrogens with two attached hydrogens (primary N) is 1. The first-order chi connectivity index (χ1) is 21.1. The molecule has 1 aliphatic carbocycles. The fraction of sp³-hybridized carbons (Fsp3) is 0.526. The molecule has 44 heavy (non-hydrogen) atoms. The van der Waals surface area contributed by atoms with Gasteiger partial charge in [0.1, 0.15) is 5.82 Å². The van der Waals surface area contributed by atoms with Crippen LogP contribution in [0.1, 0.15) is 102 Å². The van der Waals surface area contributed by atoms with Crippen molar-refractivity contribution < 1.29 is 4.79 Å². The molecule has 0 spiro atoms. The lowest BCUT2D eigenvalue weighted by Gasteiger charge is -2.39. The molecule has 6 nitrogen and oxygen atoms in total. The topological polar surface area (TPSA) is 84.1 Å². The Hall–Kier alpha value is -3.47. The van der Waals surface area contributed by atoms with Gasteiger partial charge in [0.15, 0.2) is 0 Å².